The predicted molar refractivity (Wildman–Crippen MR) is 96.5 cm³/mol. The van der Waals surface area contributed by atoms with Crippen LogP contribution in [0, 0.1) is 30.6 Å². The molecular formula is C19H19BrN2O3. The van der Waals surface area contributed by atoms with Crippen LogP contribution in [0.3, 0.4) is 0 Å². The molecule has 1 aromatic rings. The third-order valence-corrected chi connectivity index (χ3v) is 6.21. The minimum absolute atomic E-state index is 0.153. The van der Waals surface area contributed by atoms with Gasteiger partial charge in [0.2, 0.25) is 17.7 Å². The topological polar surface area (TPSA) is 66.5 Å². The second-order valence-corrected chi connectivity index (χ2v) is 8.09. The lowest BCUT2D eigenvalue weighted by atomic mass is 9.85. The lowest BCUT2D eigenvalue weighted by Gasteiger charge is -2.24. The fraction of sp³-hybridized carbons (Fsp3) is 0.421. The van der Waals surface area contributed by atoms with Crippen LogP contribution in [-0.2, 0) is 14.4 Å². The summed E-state index contributed by atoms with van der Waals surface area (Å²) in [5.41, 5.74) is 1.59. The van der Waals surface area contributed by atoms with E-state index in [2.05, 4.69) is 33.4 Å². The summed E-state index contributed by atoms with van der Waals surface area (Å²) in [5.74, 6) is -0.961. The molecule has 2 fully saturated rings. The van der Waals surface area contributed by atoms with Gasteiger partial charge in [0, 0.05) is 10.2 Å². The van der Waals surface area contributed by atoms with Crippen LogP contribution in [0.1, 0.15) is 18.9 Å². The molecule has 4 rings (SSSR count). The number of carbonyl (C=O) groups is 3. The molecule has 0 aromatic heterocycles. The summed E-state index contributed by atoms with van der Waals surface area (Å²) in [6.07, 6.45) is 4.99. The molecular weight excluding hydrogens is 384 g/mol. The first kappa shape index (κ1) is 16.5. The molecule has 2 bridgehead atoms. The Bertz CT molecular complexity index is 789. The van der Waals surface area contributed by atoms with Gasteiger partial charge >= 0.3 is 0 Å². The van der Waals surface area contributed by atoms with Gasteiger partial charge in [-0.1, -0.05) is 28.1 Å². The van der Waals surface area contributed by atoms with Crippen molar-refractivity contribution in [1.29, 1.82) is 0 Å². The number of fused-ring (bicyclic) bond motifs is 5. The van der Waals surface area contributed by atoms with E-state index >= 15 is 0 Å². The van der Waals surface area contributed by atoms with E-state index in [0.29, 0.717) is 5.69 Å². The third-order valence-electron chi connectivity index (χ3n) is 5.72. The SMILES string of the molecule is Cc1cc(Br)ccc1NC(=O)[C@@H](C)N1C(=O)[C@@H]2[C@@H](C1=O)[C@H]1C=C[C@H]2C1. The number of anilines is 1. The standard InChI is InChI=1S/C19H19BrN2O3/c1-9-7-13(20)5-6-14(9)21-17(23)10(2)22-18(24)15-11-3-4-12(8-11)16(15)19(22)25/h3-7,10-12,15-16H,8H2,1-2H3,(H,21,23)/t10-,11+,12+,15+,16+/m1/s1. The molecule has 2 aliphatic carbocycles. The van der Waals surface area contributed by atoms with Gasteiger partial charge in [0.15, 0.2) is 0 Å². The van der Waals surface area contributed by atoms with Gasteiger partial charge in [-0.2, -0.15) is 0 Å². The van der Waals surface area contributed by atoms with Gasteiger partial charge in [-0.25, -0.2) is 0 Å². The minimum atomic E-state index is -0.812. The van der Waals surface area contributed by atoms with Crippen LogP contribution in [0.4, 0.5) is 5.69 Å². The van der Waals surface area contributed by atoms with Gasteiger partial charge in [0.1, 0.15) is 6.04 Å². The number of hydrogen-bond acceptors (Lipinski definition) is 3. The first-order chi connectivity index (χ1) is 11.9. The van der Waals surface area contributed by atoms with Crippen LogP contribution < -0.4 is 5.32 Å². The van der Waals surface area contributed by atoms with Crippen LogP contribution >= 0.6 is 15.9 Å². The minimum Gasteiger partial charge on any atom is -0.324 e. The van der Waals surface area contributed by atoms with Gasteiger partial charge in [-0.3, -0.25) is 19.3 Å². The van der Waals surface area contributed by atoms with Gasteiger partial charge in [-0.15, -0.1) is 0 Å². The van der Waals surface area contributed by atoms with Crippen molar-refractivity contribution in [1.82, 2.24) is 4.90 Å². The Morgan fingerprint density at radius 1 is 1.20 bits per heavy atom. The van der Waals surface area contributed by atoms with E-state index in [4.69, 9.17) is 0 Å². The molecule has 6 heteroatoms. The molecule has 1 saturated heterocycles. The van der Waals surface area contributed by atoms with Crippen LogP contribution in [0.15, 0.2) is 34.8 Å². The average molecular weight is 403 g/mol. The Morgan fingerprint density at radius 2 is 1.80 bits per heavy atom. The second-order valence-electron chi connectivity index (χ2n) is 7.17. The van der Waals surface area contributed by atoms with E-state index in [-0.39, 0.29) is 41.4 Å². The highest BCUT2D eigenvalue weighted by Gasteiger charge is 2.60. The monoisotopic (exact) mass is 402 g/mol. The van der Waals surface area contributed by atoms with E-state index in [9.17, 15) is 14.4 Å². The first-order valence-electron chi connectivity index (χ1n) is 8.50. The number of carbonyl (C=O) groups excluding carboxylic acids is 3. The number of amides is 3. The Hall–Kier alpha value is -1.95. The number of nitrogens with one attached hydrogen (secondary N) is 1. The molecule has 1 saturated carbocycles. The molecule has 1 aliphatic heterocycles. The van der Waals surface area contributed by atoms with Crippen molar-refractivity contribution in [2.75, 3.05) is 5.32 Å². The van der Waals surface area contributed by atoms with Crippen molar-refractivity contribution >= 4 is 39.3 Å². The number of allylic oxidation sites excluding steroid dienone is 2. The highest BCUT2D eigenvalue weighted by atomic mass is 79.9. The number of benzene rings is 1. The predicted octanol–water partition coefficient (Wildman–Crippen LogP) is 2.89. The van der Waals surface area contributed by atoms with Crippen LogP contribution in [0.5, 0.6) is 0 Å². The maximum atomic E-state index is 12.8. The van der Waals surface area contributed by atoms with E-state index in [1.165, 1.54) is 4.90 Å². The largest absolute Gasteiger partial charge is 0.324 e. The lowest BCUT2D eigenvalue weighted by Crippen LogP contribution is -2.46. The Labute approximate surface area is 154 Å². The normalized spacial score (nSPS) is 30.8. The lowest BCUT2D eigenvalue weighted by molar-refractivity contribution is -0.146. The zero-order chi connectivity index (χ0) is 17.9. The molecule has 3 amide bonds. The van der Waals surface area contributed by atoms with Crippen LogP contribution in [-0.4, -0.2) is 28.7 Å². The summed E-state index contributed by atoms with van der Waals surface area (Å²) < 4.78 is 0.928. The third kappa shape index (κ3) is 2.46. The van der Waals surface area contributed by atoms with E-state index in [0.717, 1.165) is 16.5 Å². The number of hydrogen-bond donors (Lipinski definition) is 1. The summed E-state index contributed by atoms with van der Waals surface area (Å²) >= 11 is 3.39. The molecule has 25 heavy (non-hydrogen) atoms. The van der Waals surface area contributed by atoms with Crippen LogP contribution in [0.2, 0.25) is 0 Å². The number of nitrogens with zero attached hydrogens (tertiary/aromatic N) is 1. The molecule has 1 N–H and O–H groups in total. The Balaban J connectivity index is 1.53. The molecule has 3 aliphatic rings. The number of aryl methyl sites for hydroxylation is 1. The summed E-state index contributed by atoms with van der Waals surface area (Å²) in [5, 5.41) is 2.84. The molecule has 0 unspecified atom stereocenters. The average Bonchev–Trinajstić information content (AvgIpc) is 3.23. The summed E-state index contributed by atoms with van der Waals surface area (Å²) in [6, 6.07) is 4.73. The molecule has 0 spiro atoms. The van der Waals surface area contributed by atoms with Gasteiger partial charge in [-0.05, 0) is 55.9 Å². The molecule has 1 aromatic carbocycles. The van der Waals surface area contributed by atoms with Crippen molar-refractivity contribution in [2.24, 2.45) is 23.7 Å². The van der Waals surface area contributed by atoms with Crippen molar-refractivity contribution in [3.05, 3.63) is 40.4 Å². The Morgan fingerprint density at radius 3 is 2.36 bits per heavy atom. The molecule has 0 radical (unpaired) electrons. The number of halogens is 1. The summed E-state index contributed by atoms with van der Waals surface area (Å²) in [4.78, 5) is 39.4. The van der Waals surface area contributed by atoms with E-state index in [1.807, 2.05) is 19.1 Å². The van der Waals surface area contributed by atoms with Crippen LogP contribution in [0.25, 0.3) is 0 Å². The highest BCUT2D eigenvalue weighted by molar-refractivity contribution is 9.10. The van der Waals surface area contributed by atoms with Gasteiger partial charge in [0.25, 0.3) is 0 Å². The smallest absolute Gasteiger partial charge is 0.247 e. The van der Waals surface area contributed by atoms with Gasteiger partial charge in [0.05, 0.1) is 11.8 Å². The highest BCUT2D eigenvalue weighted by Crippen LogP contribution is 2.52. The molecule has 130 valence electrons. The maximum Gasteiger partial charge on any atom is 0.247 e. The second kappa shape index (κ2) is 5.80. The van der Waals surface area contributed by atoms with Crippen molar-refractivity contribution < 1.29 is 14.4 Å². The van der Waals surface area contributed by atoms with Gasteiger partial charge < -0.3 is 5.32 Å². The quantitative estimate of drug-likeness (QED) is 0.624. The fourth-order valence-electron chi connectivity index (χ4n) is 4.43. The molecule has 1 heterocycles. The van der Waals surface area contributed by atoms with E-state index in [1.54, 1.807) is 13.0 Å². The summed E-state index contributed by atoms with van der Waals surface area (Å²) in [6.45, 7) is 3.51. The fourth-order valence-corrected chi connectivity index (χ4v) is 4.90. The molecule has 5 atom stereocenters. The zero-order valence-corrected chi connectivity index (χ0v) is 15.6. The number of imide groups is 1. The molecule has 5 nitrogen and oxygen atoms in total. The number of rotatable bonds is 3. The summed E-state index contributed by atoms with van der Waals surface area (Å²) in [7, 11) is 0. The van der Waals surface area contributed by atoms with Crippen molar-refractivity contribution in [3.63, 3.8) is 0 Å². The zero-order valence-electron chi connectivity index (χ0n) is 14.0. The first-order valence-corrected chi connectivity index (χ1v) is 9.30. The van der Waals surface area contributed by atoms with Crippen molar-refractivity contribution in [2.45, 2.75) is 26.3 Å². The Kier molecular flexibility index (Phi) is 3.83. The van der Waals surface area contributed by atoms with E-state index < -0.39 is 6.04 Å². The number of likely N-dealkylation sites (tertiary alicyclic amines) is 1. The maximum absolute atomic E-state index is 12.8. The van der Waals surface area contributed by atoms with Crippen molar-refractivity contribution in [3.8, 4) is 0 Å².